The molecule has 0 aromatic heterocycles. The standard InChI is InChI=1S/C3H6N.Y/c1-3-4-2;/h4H,1H2,2H3;/q-1;+3. The molecule has 0 bridgehead atoms. The van der Waals surface area contributed by atoms with Crippen molar-refractivity contribution in [3.63, 3.8) is 0 Å². The van der Waals surface area contributed by atoms with Gasteiger partial charge in [0.25, 0.3) is 0 Å². The van der Waals surface area contributed by atoms with Gasteiger partial charge >= 0.3 is 32.7 Å². The molecule has 1 N–H and O–H groups in total. The molecule has 0 amide bonds. The van der Waals surface area contributed by atoms with E-state index in [4.69, 9.17) is 0 Å². The van der Waals surface area contributed by atoms with Crippen molar-refractivity contribution in [3.8, 4) is 0 Å². The predicted molar refractivity (Wildman–Crippen MR) is 17.9 cm³/mol. The summed E-state index contributed by atoms with van der Waals surface area (Å²) in [7, 11) is 1.76. The zero-order valence-electron chi connectivity index (χ0n) is 3.28. The molecule has 0 saturated carbocycles. The predicted octanol–water partition coefficient (Wildman–Crippen LogP) is 0.150. The Labute approximate surface area is 57.7 Å². The molecule has 0 aromatic carbocycles. The van der Waals surface area contributed by atoms with Gasteiger partial charge < -0.3 is 11.5 Å². The molecular formula is C3H6NY+2. The smallest absolute Gasteiger partial charge is 0.570 e. The fourth-order valence-corrected chi connectivity index (χ4v) is 0. The summed E-state index contributed by atoms with van der Waals surface area (Å²) in [5.41, 5.74) is 0. The van der Waals surface area contributed by atoms with Crippen molar-refractivity contribution in [1.82, 2.24) is 5.32 Å². The van der Waals surface area contributed by atoms with Gasteiger partial charge in [0.1, 0.15) is 0 Å². The SMILES string of the molecule is C=[C-]NC.[Y+3]. The van der Waals surface area contributed by atoms with E-state index in [1.165, 1.54) is 0 Å². The molecule has 0 saturated heterocycles. The Hall–Kier alpha value is 0.644. The monoisotopic (exact) mass is 145 g/mol. The van der Waals surface area contributed by atoms with Crippen LogP contribution in [0.5, 0.6) is 0 Å². The first-order valence-electron chi connectivity index (χ1n) is 1.10. The molecule has 0 aromatic rings. The molecule has 0 spiro atoms. The number of rotatable bonds is 1. The number of hydrogen-bond acceptors (Lipinski definition) is 1. The third-order valence-electron chi connectivity index (χ3n) is 0.177. The fraction of sp³-hybridized carbons (Fsp3) is 0.333. The Morgan fingerprint density at radius 2 is 2.00 bits per heavy atom. The molecule has 2 heteroatoms. The van der Waals surface area contributed by atoms with Gasteiger partial charge in [-0.2, -0.15) is 0 Å². The molecule has 0 radical (unpaired) electrons. The van der Waals surface area contributed by atoms with Crippen LogP contribution < -0.4 is 5.32 Å². The van der Waals surface area contributed by atoms with Gasteiger partial charge in [0, 0.05) is 0 Å². The molecule has 0 unspecified atom stereocenters. The van der Waals surface area contributed by atoms with Gasteiger partial charge in [-0.25, -0.2) is 0 Å². The van der Waals surface area contributed by atoms with Crippen molar-refractivity contribution in [2.45, 2.75) is 0 Å². The van der Waals surface area contributed by atoms with Crippen LogP contribution in [0.25, 0.3) is 0 Å². The molecule has 1 nitrogen and oxygen atoms in total. The summed E-state index contributed by atoms with van der Waals surface area (Å²) in [6.07, 6.45) is 2.43. The van der Waals surface area contributed by atoms with Crippen LogP contribution in [0, 0.1) is 6.20 Å². The van der Waals surface area contributed by atoms with Crippen molar-refractivity contribution in [1.29, 1.82) is 0 Å². The fourth-order valence-electron chi connectivity index (χ4n) is 0. The summed E-state index contributed by atoms with van der Waals surface area (Å²) in [6.45, 7) is 3.24. The van der Waals surface area contributed by atoms with Crippen LogP contribution >= 0.6 is 0 Å². The largest absolute Gasteiger partial charge is 3.00 e. The van der Waals surface area contributed by atoms with Gasteiger partial charge in [-0.15, -0.1) is 0 Å². The average molecular weight is 145 g/mol. The molecule has 0 aliphatic carbocycles. The van der Waals surface area contributed by atoms with Crippen LogP contribution in [0.2, 0.25) is 0 Å². The Balaban J connectivity index is 0. The summed E-state index contributed by atoms with van der Waals surface area (Å²) < 4.78 is 0. The molecule has 0 aliphatic rings. The van der Waals surface area contributed by atoms with E-state index in [-0.39, 0.29) is 32.7 Å². The summed E-state index contributed by atoms with van der Waals surface area (Å²) in [4.78, 5) is 0. The quantitative estimate of drug-likeness (QED) is 0.409. The zero-order valence-corrected chi connectivity index (χ0v) is 6.12. The van der Waals surface area contributed by atoms with Crippen molar-refractivity contribution >= 4 is 0 Å². The van der Waals surface area contributed by atoms with Crippen LogP contribution in [0.15, 0.2) is 6.58 Å². The first-order chi connectivity index (χ1) is 1.91. The van der Waals surface area contributed by atoms with E-state index in [1.54, 1.807) is 7.05 Å². The third kappa shape index (κ3) is 12.0. The maximum Gasteiger partial charge on any atom is 3.00 e. The normalized spacial score (nSPS) is 4.20. The minimum Gasteiger partial charge on any atom is -0.570 e. The van der Waals surface area contributed by atoms with Crippen molar-refractivity contribution in [2.75, 3.05) is 7.05 Å². The maximum absolute atomic E-state index is 3.24. The molecule has 0 aliphatic heterocycles. The van der Waals surface area contributed by atoms with Crippen LogP contribution in [-0.2, 0) is 32.7 Å². The van der Waals surface area contributed by atoms with Crippen molar-refractivity contribution in [3.05, 3.63) is 12.8 Å². The minimum absolute atomic E-state index is 0. The first kappa shape index (κ1) is 9.17. The van der Waals surface area contributed by atoms with E-state index in [0.717, 1.165) is 0 Å². The molecule has 0 heterocycles. The second-order valence-electron chi connectivity index (χ2n) is 0.427. The van der Waals surface area contributed by atoms with Crippen LogP contribution in [0.4, 0.5) is 0 Å². The van der Waals surface area contributed by atoms with Crippen LogP contribution in [-0.4, -0.2) is 7.05 Å². The van der Waals surface area contributed by atoms with E-state index in [2.05, 4.69) is 18.1 Å². The van der Waals surface area contributed by atoms with E-state index >= 15 is 0 Å². The van der Waals surface area contributed by atoms with Gasteiger partial charge in [-0.3, -0.25) is 6.58 Å². The minimum atomic E-state index is 0. The molecule has 0 rings (SSSR count). The Bertz CT molecular complexity index is 20.9. The first-order valence-corrected chi connectivity index (χ1v) is 1.10. The summed E-state index contributed by atoms with van der Waals surface area (Å²) in [5.74, 6) is 0. The number of nitrogens with one attached hydrogen (secondary N) is 1. The molecule has 0 atom stereocenters. The maximum atomic E-state index is 3.24. The molecule has 5 heavy (non-hydrogen) atoms. The van der Waals surface area contributed by atoms with E-state index in [9.17, 15) is 0 Å². The Morgan fingerprint density at radius 3 is 2.00 bits per heavy atom. The number of hydrogen-bond donors (Lipinski definition) is 1. The Kier molecular flexibility index (Phi) is 16.2. The van der Waals surface area contributed by atoms with E-state index in [1.807, 2.05) is 0 Å². The summed E-state index contributed by atoms with van der Waals surface area (Å²) in [5, 5.41) is 2.57. The van der Waals surface area contributed by atoms with Gasteiger partial charge in [-0.05, 0) is 7.05 Å². The molecular weight excluding hydrogens is 139 g/mol. The van der Waals surface area contributed by atoms with Crippen molar-refractivity contribution < 1.29 is 32.7 Å². The Morgan fingerprint density at radius 1 is 1.80 bits per heavy atom. The van der Waals surface area contributed by atoms with Crippen LogP contribution in [0.3, 0.4) is 0 Å². The molecule has 24 valence electrons. The zero-order chi connectivity index (χ0) is 3.41. The second kappa shape index (κ2) is 8.82. The summed E-state index contributed by atoms with van der Waals surface area (Å²) >= 11 is 0. The van der Waals surface area contributed by atoms with Gasteiger partial charge in [-0.1, -0.05) is 0 Å². The van der Waals surface area contributed by atoms with Gasteiger partial charge in [0.15, 0.2) is 0 Å². The second-order valence-corrected chi connectivity index (χ2v) is 0.427. The average Bonchev–Trinajstić information content (AvgIpc) is 1.37. The van der Waals surface area contributed by atoms with Gasteiger partial charge in [0.2, 0.25) is 0 Å². The van der Waals surface area contributed by atoms with Gasteiger partial charge in [0.05, 0.1) is 0 Å². The van der Waals surface area contributed by atoms with Crippen LogP contribution in [0.1, 0.15) is 0 Å². The molecule has 0 fully saturated rings. The third-order valence-corrected chi connectivity index (χ3v) is 0.177. The van der Waals surface area contributed by atoms with E-state index < -0.39 is 0 Å². The summed E-state index contributed by atoms with van der Waals surface area (Å²) in [6, 6.07) is 0. The van der Waals surface area contributed by atoms with Crippen molar-refractivity contribution in [2.24, 2.45) is 0 Å². The van der Waals surface area contributed by atoms with E-state index in [0.29, 0.717) is 0 Å². The topological polar surface area (TPSA) is 12.0 Å².